The number of aliphatic carboxylic acids is 1. The number of amides is 1. The predicted molar refractivity (Wildman–Crippen MR) is 79.8 cm³/mol. The molecule has 2 aromatic rings. The number of aromatic nitrogens is 2. The molecule has 0 radical (unpaired) electrons. The molecular weight excluding hydrogens is 301 g/mol. The Morgan fingerprint density at radius 2 is 2.00 bits per heavy atom. The van der Waals surface area contributed by atoms with Gasteiger partial charge in [-0.1, -0.05) is 12.1 Å². The van der Waals surface area contributed by atoms with Gasteiger partial charge in [-0.3, -0.25) is 4.79 Å². The van der Waals surface area contributed by atoms with Gasteiger partial charge in [0, 0.05) is 12.7 Å². The average molecular weight is 317 g/mol. The zero-order valence-corrected chi connectivity index (χ0v) is 12.4. The van der Waals surface area contributed by atoms with Crippen molar-refractivity contribution in [2.45, 2.75) is 25.3 Å². The van der Waals surface area contributed by atoms with Crippen LogP contribution in [0.4, 0.5) is 4.39 Å². The summed E-state index contributed by atoms with van der Waals surface area (Å²) in [5.41, 5.74) is 0.349. The van der Waals surface area contributed by atoms with Crippen LogP contribution < -0.4 is 0 Å². The summed E-state index contributed by atoms with van der Waals surface area (Å²) >= 11 is 0. The van der Waals surface area contributed by atoms with Gasteiger partial charge in [0.1, 0.15) is 17.5 Å². The molecule has 1 saturated heterocycles. The first kappa shape index (κ1) is 15.2. The number of nitrogens with zero attached hydrogens (tertiary/aromatic N) is 3. The second kappa shape index (κ2) is 6.20. The number of carboxylic acids is 1. The third-order valence-electron chi connectivity index (χ3n) is 3.96. The zero-order valence-electron chi connectivity index (χ0n) is 12.4. The summed E-state index contributed by atoms with van der Waals surface area (Å²) < 4.78 is 15.1. The van der Waals surface area contributed by atoms with Gasteiger partial charge in [-0.25, -0.2) is 13.9 Å². The van der Waals surface area contributed by atoms with E-state index in [-0.39, 0.29) is 11.4 Å². The monoisotopic (exact) mass is 317 g/mol. The molecule has 0 saturated carbocycles. The van der Waals surface area contributed by atoms with E-state index in [9.17, 15) is 19.1 Å². The zero-order chi connectivity index (χ0) is 16.4. The largest absolute Gasteiger partial charge is 0.480 e. The van der Waals surface area contributed by atoms with Crippen molar-refractivity contribution in [3.05, 3.63) is 48.0 Å². The van der Waals surface area contributed by atoms with Crippen LogP contribution in [-0.4, -0.2) is 44.3 Å². The van der Waals surface area contributed by atoms with Crippen LogP contribution in [0.3, 0.4) is 0 Å². The molecule has 1 aliphatic heterocycles. The Morgan fingerprint density at radius 1 is 1.22 bits per heavy atom. The van der Waals surface area contributed by atoms with Gasteiger partial charge < -0.3 is 10.0 Å². The van der Waals surface area contributed by atoms with E-state index in [1.165, 1.54) is 27.9 Å². The molecule has 0 spiro atoms. The Balaban J connectivity index is 1.86. The molecule has 23 heavy (non-hydrogen) atoms. The van der Waals surface area contributed by atoms with Gasteiger partial charge in [-0.2, -0.15) is 5.10 Å². The van der Waals surface area contributed by atoms with Crippen LogP contribution in [0.1, 0.15) is 29.8 Å². The number of rotatable bonds is 3. The fraction of sp³-hybridized carbons (Fsp3) is 0.312. The molecule has 7 heteroatoms. The summed E-state index contributed by atoms with van der Waals surface area (Å²) in [6.45, 7) is 0.391. The molecule has 2 heterocycles. The van der Waals surface area contributed by atoms with Crippen molar-refractivity contribution in [2.24, 2.45) is 0 Å². The number of carboxylic acid groups (broad SMARTS) is 1. The molecule has 6 nitrogen and oxygen atoms in total. The maximum atomic E-state index is 13.8. The number of hydrogen-bond donors (Lipinski definition) is 1. The molecule has 0 unspecified atom stereocenters. The lowest BCUT2D eigenvalue weighted by Crippen LogP contribution is -2.48. The van der Waals surface area contributed by atoms with E-state index in [1.807, 2.05) is 0 Å². The van der Waals surface area contributed by atoms with Gasteiger partial charge in [0.05, 0.1) is 0 Å². The molecule has 120 valence electrons. The predicted octanol–water partition coefficient (Wildman–Crippen LogP) is 2.09. The molecular formula is C16H16FN3O3. The Bertz CT molecular complexity index is 744. The third-order valence-corrected chi connectivity index (χ3v) is 3.96. The normalized spacial score (nSPS) is 18.0. The number of piperidine rings is 1. The molecule has 0 aliphatic carbocycles. The van der Waals surface area contributed by atoms with Crippen LogP contribution in [0, 0.1) is 5.82 Å². The average Bonchev–Trinajstić information content (AvgIpc) is 3.04. The highest BCUT2D eigenvalue weighted by Gasteiger charge is 2.33. The maximum Gasteiger partial charge on any atom is 0.326 e. The lowest BCUT2D eigenvalue weighted by atomic mass is 10.0. The molecule has 0 bridgehead atoms. The second-order valence-electron chi connectivity index (χ2n) is 5.45. The second-order valence-corrected chi connectivity index (χ2v) is 5.45. The molecule has 1 aliphatic rings. The number of likely N-dealkylation sites (tertiary alicyclic amines) is 1. The number of benzene rings is 1. The topological polar surface area (TPSA) is 75.4 Å². The van der Waals surface area contributed by atoms with Crippen LogP contribution in [0.2, 0.25) is 0 Å². The number of halogens is 1. The van der Waals surface area contributed by atoms with Gasteiger partial charge in [0.25, 0.3) is 5.91 Å². The van der Waals surface area contributed by atoms with E-state index < -0.39 is 23.7 Å². The van der Waals surface area contributed by atoms with Crippen molar-refractivity contribution >= 4 is 11.9 Å². The van der Waals surface area contributed by atoms with Gasteiger partial charge in [-0.05, 0) is 37.5 Å². The van der Waals surface area contributed by atoms with Crippen LogP contribution in [-0.2, 0) is 4.79 Å². The molecule has 3 rings (SSSR count). The van der Waals surface area contributed by atoms with Gasteiger partial charge in [0.2, 0.25) is 0 Å². The summed E-state index contributed by atoms with van der Waals surface area (Å²) in [5.74, 6) is -1.89. The summed E-state index contributed by atoms with van der Waals surface area (Å²) in [5, 5.41) is 13.4. The Morgan fingerprint density at radius 3 is 2.74 bits per heavy atom. The number of carbonyl (C=O) groups excluding carboxylic acids is 1. The third kappa shape index (κ3) is 2.94. The maximum absolute atomic E-state index is 13.8. The van der Waals surface area contributed by atoms with Crippen LogP contribution in [0.25, 0.3) is 5.69 Å². The van der Waals surface area contributed by atoms with E-state index in [0.717, 1.165) is 12.8 Å². The molecule has 1 fully saturated rings. The lowest BCUT2D eigenvalue weighted by Gasteiger charge is -2.32. The van der Waals surface area contributed by atoms with E-state index in [4.69, 9.17) is 0 Å². The number of para-hydroxylation sites is 1. The van der Waals surface area contributed by atoms with Crippen molar-refractivity contribution in [3.63, 3.8) is 0 Å². The first-order chi connectivity index (χ1) is 11.1. The lowest BCUT2D eigenvalue weighted by molar-refractivity contribution is -0.143. The van der Waals surface area contributed by atoms with E-state index >= 15 is 0 Å². The van der Waals surface area contributed by atoms with Crippen molar-refractivity contribution in [1.82, 2.24) is 14.7 Å². The Labute approximate surface area is 132 Å². The summed E-state index contributed by atoms with van der Waals surface area (Å²) in [4.78, 5) is 25.2. The van der Waals surface area contributed by atoms with Gasteiger partial charge in [-0.15, -0.1) is 0 Å². The van der Waals surface area contributed by atoms with E-state index in [1.54, 1.807) is 18.2 Å². The molecule has 1 aromatic carbocycles. The van der Waals surface area contributed by atoms with E-state index in [2.05, 4.69) is 5.10 Å². The van der Waals surface area contributed by atoms with Gasteiger partial charge in [0.15, 0.2) is 5.69 Å². The number of carbonyl (C=O) groups is 2. The number of hydrogen-bond acceptors (Lipinski definition) is 3. The molecule has 1 aromatic heterocycles. The fourth-order valence-electron chi connectivity index (χ4n) is 2.79. The first-order valence-electron chi connectivity index (χ1n) is 7.42. The molecule has 1 amide bonds. The van der Waals surface area contributed by atoms with Crippen LogP contribution in [0.5, 0.6) is 0 Å². The van der Waals surface area contributed by atoms with Crippen LogP contribution >= 0.6 is 0 Å². The highest BCUT2D eigenvalue weighted by molar-refractivity contribution is 5.95. The van der Waals surface area contributed by atoms with Gasteiger partial charge >= 0.3 is 5.97 Å². The Kier molecular flexibility index (Phi) is 4.10. The standard InChI is InChI=1S/C16H16FN3O3/c17-11-5-1-2-6-13(11)20-10-8-12(18-20)15(21)19-9-4-3-7-14(19)16(22)23/h1-2,5-6,8,10,14H,3-4,7,9H2,(H,22,23)/t14-/m0/s1. The van der Waals surface area contributed by atoms with Crippen molar-refractivity contribution < 1.29 is 19.1 Å². The smallest absolute Gasteiger partial charge is 0.326 e. The van der Waals surface area contributed by atoms with E-state index in [0.29, 0.717) is 13.0 Å². The molecule has 1 atom stereocenters. The summed E-state index contributed by atoms with van der Waals surface area (Å²) in [6, 6.07) is 6.75. The molecule has 1 N–H and O–H groups in total. The highest BCUT2D eigenvalue weighted by atomic mass is 19.1. The SMILES string of the molecule is O=C(O)[C@@H]1CCCCN1C(=O)c1ccn(-c2ccccc2F)n1. The summed E-state index contributed by atoms with van der Waals surface area (Å²) in [6.07, 6.45) is 3.48. The fourth-order valence-corrected chi connectivity index (χ4v) is 2.79. The highest BCUT2D eigenvalue weighted by Crippen LogP contribution is 2.20. The van der Waals surface area contributed by atoms with Crippen molar-refractivity contribution in [1.29, 1.82) is 0 Å². The minimum atomic E-state index is -1.01. The summed E-state index contributed by atoms with van der Waals surface area (Å²) in [7, 11) is 0. The minimum absolute atomic E-state index is 0.112. The quantitative estimate of drug-likeness (QED) is 0.940. The first-order valence-corrected chi connectivity index (χ1v) is 7.42. The van der Waals surface area contributed by atoms with Crippen molar-refractivity contribution in [2.75, 3.05) is 6.54 Å². The Hall–Kier alpha value is -2.70. The van der Waals surface area contributed by atoms with Crippen LogP contribution in [0.15, 0.2) is 36.5 Å². The van der Waals surface area contributed by atoms with Crippen molar-refractivity contribution in [3.8, 4) is 5.69 Å². The minimum Gasteiger partial charge on any atom is -0.480 e.